The van der Waals surface area contributed by atoms with Crippen molar-refractivity contribution in [3.63, 3.8) is 0 Å². The van der Waals surface area contributed by atoms with E-state index in [2.05, 4.69) is 0 Å². The third-order valence-corrected chi connectivity index (χ3v) is 3.17. The minimum absolute atomic E-state index is 0.340. The van der Waals surface area contributed by atoms with Gasteiger partial charge in [-0.25, -0.2) is 0 Å². The Balaban J connectivity index is 3.95. The minimum atomic E-state index is -0.959. The largest absolute Gasteiger partial charge is 0.442 e. The maximum absolute atomic E-state index is 9.84. The Morgan fingerprint density at radius 3 is 1.76 bits per heavy atom. The van der Waals surface area contributed by atoms with Gasteiger partial charge in [0.05, 0.1) is 22.9 Å². The second kappa shape index (κ2) is 5.74. The van der Waals surface area contributed by atoms with Gasteiger partial charge in [0.15, 0.2) is 0 Å². The van der Waals surface area contributed by atoms with Crippen LogP contribution in [0.2, 0.25) is 0 Å². The molecule has 0 heterocycles. The molecule has 2 radical (unpaired) electrons. The first-order valence-corrected chi connectivity index (χ1v) is 5.81. The van der Waals surface area contributed by atoms with Crippen LogP contribution in [0.1, 0.15) is 48.5 Å². The molecule has 0 aromatic carbocycles. The number of aliphatic hydroxyl groups is 2. The molecule has 98 valence electrons. The highest BCUT2D eigenvalue weighted by molar-refractivity contribution is 6.93. The summed E-state index contributed by atoms with van der Waals surface area (Å²) in [6.45, 7) is 12.1. The standard InChI is InChI=1S/C11H24B2O4/c1-8(9(2,3)14)16-12-13-17-11(6,7)10(4,5)15/h8,14-15H,1-7H3. The first kappa shape index (κ1) is 17.0. The first-order valence-electron chi connectivity index (χ1n) is 5.81. The van der Waals surface area contributed by atoms with Crippen molar-refractivity contribution in [3.05, 3.63) is 0 Å². The van der Waals surface area contributed by atoms with Gasteiger partial charge in [0.2, 0.25) is 0 Å². The molecule has 0 aliphatic rings. The van der Waals surface area contributed by atoms with E-state index >= 15 is 0 Å². The van der Waals surface area contributed by atoms with E-state index in [0.29, 0.717) is 0 Å². The van der Waals surface area contributed by atoms with Crippen molar-refractivity contribution in [1.29, 1.82) is 0 Å². The molecular weight excluding hydrogens is 218 g/mol. The predicted octanol–water partition coefficient (Wildman–Crippen LogP) is 0.882. The smallest absolute Gasteiger partial charge is 0.283 e. The zero-order valence-electron chi connectivity index (χ0n) is 11.9. The van der Waals surface area contributed by atoms with E-state index in [1.165, 1.54) is 14.7 Å². The van der Waals surface area contributed by atoms with Gasteiger partial charge < -0.3 is 19.5 Å². The zero-order valence-corrected chi connectivity index (χ0v) is 11.9. The lowest BCUT2D eigenvalue weighted by Gasteiger charge is -2.37. The molecule has 4 nitrogen and oxygen atoms in total. The Labute approximate surface area is 106 Å². The van der Waals surface area contributed by atoms with Crippen LogP contribution < -0.4 is 0 Å². The fourth-order valence-corrected chi connectivity index (χ4v) is 0.659. The molecule has 6 heteroatoms. The van der Waals surface area contributed by atoms with Crippen molar-refractivity contribution in [2.45, 2.75) is 71.4 Å². The topological polar surface area (TPSA) is 58.9 Å². The Morgan fingerprint density at radius 2 is 1.41 bits per heavy atom. The summed E-state index contributed by atoms with van der Waals surface area (Å²) in [5.74, 6) is 0. The molecule has 0 aromatic heterocycles. The van der Waals surface area contributed by atoms with Gasteiger partial charge in [-0.05, 0) is 48.5 Å². The van der Waals surface area contributed by atoms with Crippen molar-refractivity contribution in [3.8, 4) is 0 Å². The summed E-state index contributed by atoms with van der Waals surface area (Å²) in [7, 11) is 2.77. The third-order valence-electron chi connectivity index (χ3n) is 3.17. The minimum Gasteiger partial charge on any atom is -0.442 e. The number of hydrogen-bond acceptors (Lipinski definition) is 4. The van der Waals surface area contributed by atoms with Crippen molar-refractivity contribution >= 4 is 14.7 Å². The molecule has 0 rings (SSSR count). The van der Waals surface area contributed by atoms with E-state index in [1.54, 1.807) is 48.5 Å². The Hall–Kier alpha value is -0.0301. The molecule has 17 heavy (non-hydrogen) atoms. The summed E-state index contributed by atoms with van der Waals surface area (Å²) in [6.07, 6.45) is -0.340. The first-order chi connectivity index (χ1) is 7.38. The maximum atomic E-state index is 9.84. The van der Waals surface area contributed by atoms with Gasteiger partial charge in [-0.1, -0.05) is 0 Å². The second-order valence-electron chi connectivity index (χ2n) is 5.89. The van der Waals surface area contributed by atoms with E-state index in [-0.39, 0.29) is 6.10 Å². The van der Waals surface area contributed by atoms with Crippen molar-refractivity contribution in [2.24, 2.45) is 0 Å². The Morgan fingerprint density at radius 1 is 0.941 bits per heavy atom. The molecule has 2 N–H and O–H groups in total. The summed E-state index contributed by atoms with van der Waals surface area (Å²) in [6, 6.07) is 0. The monoisotopic (exact) mass is 242 g/mol. The molecule has 0 aromatic rings. The van der Waals surface area contributed by atoms with E-state index in [0.717, 1.165) is 0 Å². The summed E-state index contributed by atoms with van der Waals surface area (Å²) >= 11 is 0. The van der Waals surface area contributed by atoms with Crippen molar-refractivity contribution < 1.29 is 19.5 Å². The van der Waals surface area contributed by atoms with Crippen LogP contribution in [0.4, 0.5) is 0 Å². The van der Waals surface area contributed by atoms with Gasteiger partial charge in [0.1, 0.15) is 0 Å². The lowest BCUT2D eigenvalue weighted by Crippen LogP contribution is -2.49. The fraction of sp³-hybridized carbons (Fsp3) is 1.00. The van der Waals surface area contributed by atoms with Crippen LogP contribution in [-0.2, 0) is 9.31 Å². The molecule has 0 amide bonds. The van der Waals surface area contributed by atoms with Gasteiger partial charge in [-0.2, -0.15) is 0 Å². The molecule has 0 spiro atoms. The van der Waals surface area contributed by atoms with E-state index < -0.39 is 16.8 Å². The lowest BCUT2D eigenvalue weighted by atomic mass is 9.63. The Bertz CT molecular complexity index is 231. The Kier molecular flexibility index (Phi) is 5.73. The van der Waals surface area contributed by atoms with Gasteiger partial charge in [0, 0.05) is 0 Å². The van der Waals surface area contributed by atoms with Crippen molar-refractivity contribution in [1.82, 2.24) is 0 Å². The van der Waals surface area contributed by atoms with Crippen molar-refractivity contribution in [2.75, 3.05) is 0 Å². The highest BCUT2D eigenvalue weighted by Gasteiger charge is 2.35. The summed E-state index contributed by atoms with van der Waals surface area (Å²) < 4.78 is 10.7. The molecule has 0 fully saturated rings. The van der Waals surface area contributed by atoms with E-state index in [1.807, 2.05) is 0 Å². The molecular formula is C11H24B2O4. The molecule has 0 bridgehead atoms. The molecule has 0 saturated heterocycles. The quantitative estimate of drug-likeness (QED) is 0.514. The number of rotatable bonds is 7. The predicted molar refractivity (Wildman–Crippen MR) is 69.8 cm³/mol. The van der Waals surface area contributed by atoms with E-state index in [9.17, 15) is 10.2 Å². The lowest BCUT2D eigenvalue weighted by molar-refractivity contribution is -0.0893. The van der Waals surface area contributed by atoms with Crippen LogP contribution in [0, 0.1) is 0 Å². The van der Waals surface area contributed by atoms with Crippen LogP contribution in [0.15, 0.2) is 0 Å². The van der Waals surface area contributed by atoms with Crippen LogP contribution in [0.5, 0.6) is 0 Å². The van der Waals surface area contributed by atoms with Crippen LogP contribution in [0.3, 0.4) is 0 Å². The average Bonchev–Trinajstić information content (AvgIpc) is 2.08. The molecule has 0 aliphatic heterocycles. The van der Waals surface area contributed by atoms with Gasteiger partial charge in [-0.15, -0.1) is 0 Å². The molecule has 0 saturated carbocycles. The van der Waals surface area contributed by atoms with Gasteiger partial charge in [0.25, 0.3) is 14.7 Å². The highest BCUT2D eigenvalue weighted by atomic mass is 16.5. The van der Waals surface area contributed by atoms with Crippen LogP contribution in [0.25, 0.3) is 0 Å². The average molecular weight is 242 g/mol. The summed E-state index contributed by atoms with van der Waals surface area (Å²) in [4.78, 5) is 0. The van der Waals surface area contributed by atoms with Gasteiger partial charge >= 0.3 is 0 Å². The van der Waals surface area contributed by atoms with Crippen LogP contribution in [-0.4, -0.2) is 47.9 Å². The third kappa shape index (κ3) is 5.91. The maximum Gasteiger partial charge on any atom is 0.283 e. The molecule has 1 unspecified atom stereocenters. The fourth-order valence-electron chi connectivity index (χ4n) is 0.659. The molecule has 1 atom stereocenters. The SMILES string of the molecule is CC(O[B][B]OC(C)(C)C(C)(C)O)C(C)(C)O. The normalized spacial score (nSPS) is 15.6. The van der Waals surface area contributed by atoms with Crippen LogP contribution >= 0.6 is 0 Å². The number of hydrogen-bond donors (Lipinski definition) is 2. The van der Waals surface area contributed by atoms with E-state index in [4.69, 9.17) is 9.31 Å². The zero-order chi connectivity index (χ0) is 13.9. The summed E-state index contributed by atoms with van der Waals surface area (Å²) in [5, 5.41) is 19.5. The summed E-state index contributed by atoms with van der Waals surface area (Å²) in [5.41, 5.74) is -2.58. The van der Waals surface area contributed by atoms with Gasteiger partial charge in [-0.3, -0.25) is 0 Å². The second-order valence-corrected chi connectivity index (χ2v) is 5.89. The highest BCUT2D eigenvalue weighted by Crippen LogP contribution is 2.24. The molecule has 0 aliphatic carbocycles.